The average molecular weight is 430 g/mol. The van der Waals surface area contributed by atoms with Crippen molar-refractivity contribution in [3.8, 4) is 11.3 Å². The van der Waals surface area contributed by atoms with Crippen LogP contribution in [0.1, 0.15) is 35.5 Å². The number of carbonyl (C=O) groups excluding carboxylic acids is 1. The van der Waals surface area contributed by atoms with Gasteiger partial charge in [0.1, 0.15) is 11.5 Å². The summed E-state index contributed by atoms with van der Waals surface area (Å²) in [5.74, 6) is 1.29. The third-order valence-corrected chi connectivity index (χ3v) is 5.49. The van der Waals surface area contributed by atoms with E-state index in [1.165, 1.54) is 0 Å². The Morgan fingerprint density at radius 1 is 0.938 bits per heavy atom. The predicted octanol–water partition coefficient (Wildman–Crippen LogP) is 5.62. The van der Waals surface area contributed by atoms with Crippen molar-refractivity contribution < 1.29 is 13.7 Å². The molecular formula is C26H27N3O3. The number of carbonyl (C=O) groups is 1. The van der Waals surface area contributed by atoms with Crippen molar-refractivity contribution in [1.82, 2.24) is 10.1 Å². The Hall–Kier alpha value is -3.80. The van der Waals surface area contributed by atoms with Crippen LogP contribution >= 0.6 is 0 Å². The summed E-state index contributed by atoms with van der Waals surface area (Å²) >= 11 is 0. The lowest BCUT2D eigenvalue weighted by Crippen LogP contribution is -2.32. The summed E-state index contributed by atoms with van der Waals surface area (Å²) in [6.45, 7) is 4.84. The van der Waals surface area contributed by atoms with Gasteiger partial charge in [0.2, 0.25) is 5.88 Å². The number of benzene rings is 2. The topological polar surface area (TPSA) is 62.7 Å². The van der Waals surface area contributed by atoms with Gasteiger partial charge in [0.15, 0.2) is 0 Å². The van der Waals surface area contributed by atoms with Gasteiger partial charge in [-0.05, 0) is 38.1 Å². The van der Waals surface area contributed by atoms with Crippen molar-refractivity contribution in [3.05, 3.63) is 95.9 Å². The van der Waals surface area contributed by atoms with Crippen LogP contribution in [-0.4, -0.2) is 29.1 Å². The fourth-order valence-corrected chi connectivity index (χ4v) is 3.52. The van der Waals surface area contributed by atoms with Crippen LogP contribution in [0.4, 0.5) is 5.88 Å². The number of nitrogens with zero attached hydrogens (tertiary/aromatic N) is 3. The van der Waals surface area contributed by atoms with Crippen molar-refractivity contribution in [2.45, 2.75) is 33.0 Å². The zero-order valence-corrected chi connectivity index (χ0v) is 18.6. The number of furan rings is 1. The van der Waals surface area contributed by atoms with Crippen LogP contribution in [-0.2, 0) is 13.1 Å². The third kappa shape index (κ3) is 4.59. The van der Waals surface area contributed by atoms with Gasteiger partial charge in [-0.15, -0.1) is 0 Å². The van der Waals surface area contributed by atoms with Crippen LogP contribution < -0.4 is 4.90 Å². The summed E-state index contributed by atoms with van der Waals surface area (Å²) in [7, 11) is 1.97. The smallest absolute Gasteiger partial charge is 0.254 e. The normalized spacial score (nSPS) is 11.0. The van der Waals surface area contributed by atoms with E-state index in [2.05, 4.69) is 19.0 Å². The summed E-state index contributed by atoms with van der Waals surface area (Å²) < 4.78 is 11.4. The summed E-state index contributed by atoms with van der Waals surface area (Å²) in [6.07, 6.45) is 1.62. The van der Waals surface area contributed by atoms with E-state index < -0.39 is 0 Å². The predicted molar refractivity (Wildman–Crippen MR) is 124 cm³/mol. The van der Waals surface area contributed by atoms with Gasteiger partial charge in [-0.3, -0.25) is 4.79 Å². The Morgan fingerprint density at radius 3 is 2.25 bits per heavy atom. The molecule has 32 heavy (non-hydrogen) atoms. The van der Waals surface area contributed by atoms with Gasteiger partial charge in [0, 0.05) is 24.2 Å². The molecule has 2 aromatic carbocycles. The minimum absolute atomic E-state index is 0.0830. The molecule has 0 aliphatic rings. The van der Waals surface area contributed by atoms with Gasteiger partial charge in [-0.2, -0.15) is 0 Å². The monoisotopic (exact) mass is 429 g/mol. The highest BCUT2D eigenvalue weighted by molar-refractivity contribution is 5.94. The summed E-state index contributed by atoms with van der Waals surface area (Å²) in [5, 5.41) is 4.39. The minimum atomic E-state index is -0.0830. The molecule has 0 unspecified atom stereocenters. The van der Waals surface area contributed by atoms with E-state index in [1.54, 1.807) is 11.2 Å². The number of hydrogen-bond donors (Lipinski definition) is 0. The van der Waals surface area contributed by atoms with Crippen molar-refractivity contribution >= 4 is 11.8 Å². The van der Waals surface area contributed by atoms with Crippen molar-refractivity contribution in [1.29, 1.82) is 0 Å². The summed E-state index contributed by atoms with van der Waals surface area (Å²) in [6, 6.07) is 23.1. The highest BCUT2D eigenvalue weighted by Gasteiger charge is 2.27. The molecule has 4 rings (SSSR count). The zero-order chi connectivity index (χ0) is 22.5. The molecule has 6 heteroatoms. The van der Waals surface area contributed by atoms with Crippen LogP contribution in [0.25, 0.3) is 11.3 Å². The first-order chi connectivity index (χ1) is 15.5. The van der Waals surface area contributed by atoms with Crippen LogP contribution in [0.3, 0.4) is 0 Å². The Balaban J connectivity index is 1.76. The number of aromatic nitrogens is 1. The lowest BCUT2D eigenvalue weighted by atomic mass is 10.1. The van der Waals surface area contributed by atoms with Gasteiger partial charge >= 0.3 is 0 Å². The molecule has 0 saturated heterocycles. The van der Waals surface area contributed by atoms with E-state index in [1.807, 2.05) is 84.7 Å². The fraction of sp³-hybridized carbons (Fsp3) is 0.231. The lowest BCUT2D eigenvalue weighted by Gasteiger charge is -2.25. The quantitative estimate of drug-likeness (QED) is 0.364. The van der Waals surface area contributed by atoms with Crippen molar-refractivity contribution in [2.75, 3.05) is 11.9 Å². The average Bonchev–Trinajstić information content (AvgIpc) is 3.49. The van der Waals surface area contributed by atoms with Crippen molar-refractivity contribution in [3.63, 3.8) is 0 Å². The lowest BCUT2D eigenvalue weighted by molar-refractivity contribution is 0.0718. The van der Waals surface area contributed by atoms with E-state index in [0.29, 0.717) is 30.3 Å². The maximum absolute atomic E-state index is 13.5. The number of rotatable bonds is 8. The number of anilines is 1. The standard InChI is InChI=1S/C26H27N3O3/c1-19(2)28(3)26-23(24(27-32-26)20-11-6-4-7-12-20)18-29(17-22-15-10-16-31-22)25(30)21-13-8-5-9-14-21/h4-16,19H,17-18H2,1-3H3. The molecule has 2 heterocycles. The molecule has 164 valence electrons. The van der Waals surface area contributed by atoms with Crippen LogP contribution in [0, 0.1) is 0 Å². The van der Waals surface area contributed by atoms with E-state index in [4.69, 9.17) is 8.94 Å². The highest BCUT2D eigenvalue weighted by atomic mass is 16.5. The zero-order valence-electron chi connectivity index (χ0n) is 18.6. The molecule has 4 aromatic rings. The Labute approximate surface area is 188 Å². The highest BCUT2D eigenvalue weighted by Crippen LogP contribution is 2.33. The van der Waals surface area contributed by atoms with Gasteiger partial charge < -0.3 is 18.7 Å². The Kier molecular flexibility index (Phi) is 6.40. The second kappa shape index (κ2) is 9.56. The van der Waals surface area contributed by atoms with Crippen molar-refractivity contribution in [2.24, 2.45) is 0 Å². The second-order valence-electron chi connectivity index (χ2n) is 7.99. The third-order valence-electron chi connectivity index (χ3n) is 5.49. The first-order valence-electron chi connectivity index (χ1n) is 10.7. The second-order valence-corrected chi connectivity index (χ2v) is 7.99. The molecule has 6 nitrogen and oxygen atoms in total. The maximum atomic E-state index is 13.5. The maximum Gasteiger partial charge on any atom is 0.254 e. The molecular weight excluding hydrogens is 402 g/mol. The molecule has 0 fully saturated rings. The summed E-state index contributed by atoms with van der Waals surface area (Å²) in [5.41, 5.74) is 3.16. The first kappa shape index (κ1) is 21.4. The van der Waals surface area contributed by atoms with Gasteiger partial charge in [0.25, 0.3) is 5.91 Å². The summed E-state index contributed by atoms with van der Waals surface area (Å²) in [4.78, 5) is 17.3. The largest absolute Gasteiger partial charge is 0.467 e. The molecule has 0 radical (unpaired) electrons. The molecule has 0 aliphatic heterocycles. The van der Waals surface area contributed by atoms with Crippen LogP contribution in [0.15, 0.2) is 88.0 Å². The van der Waals surface area contributed by atoms with Crippen LogP contribution in [0.5, 0.6) is 0 Å². The van der Waals surface area contributed by atoms with E-state index in [0.717, 1.165) is 16.8 Å². The van der Waals surface area contributed by atoms with E-state index in [-0.39, 0.29) is 11.9 Å². The SMILES string of the molecule is CC(C)N(C)c1onc(-c2ccccc2)c1CN(Cc1ccco1)C(=O)c1ccccc1. The van der Waals surface area contributed by atoms with Gasteiger partial charge in [-0.25, -0.2) is 0 Å². The first-order valence-corrected chi connectivity index (χ1v) is 10.7. The Bertz CT molecular complexity index is 1140. The Morgan fingerprint density at radius 2 is 1.62 bits per heavy atom. The number of amides is 1. The van der Waals surface area contributed by atoms with Crippen LogP contribution in [0.2, 0.25) is 0 Å². The molecule has 0 N–H and O–H groups in total. The fourth-order valence-electron chi connectivity index (χ4n) is 3.52. The molecule has 0 saturated carbocycles. The molecule has 1 amide bonds. The molecule has 0 aliphatic carbocycles. The molecule has 2 aromatic heterocycles. The molecule has 0 bridgehead atoms. The minimum Gasteiger partial charge on any atom is -0.467 e. The molecule has 0 spiro atoms. The molecule has 0 atom stereocenters. The van der Waals surface area contributed by atoms with E-state index >= 15 is 0 Å². The van der Waals surface area contributed by atoms with Gasteiger partial charge in [0.05, 0.1) is 24.9 Å². The number of hydrogen-bond acceptors (Lipinski definition) is 5. The van der Waals surface area contributed by atoms with E-state index in [9.17, 15) is 4.79 Å². The van der Waals surface area contributed by atoms with Gasteiger partial charge in [-0.1, -0.05) is 53.7 Å².